The van der Waals surface area contributed by atoms with Gasteiger partial charge in [-0.15, -0.1) is 0 Å². The number of benzene rings is 4. The summed E-state index contributed by atoms with van der Waals surface area (Å²) >= 11 is 0. The van der Waals surface area contributed by atoms with E-state index in [0.717, 1.165) is 44.1 Å². The van der Waals surface area contributed by atoms with Gasteiger partial charge in [0.15, 0.2) is 0 Å². The standard InChI is InChI=1S/4C10H16N.O4Si/c4*1-11(2,3)9-10-7-5-4-6-8-10;1-5(2,3)4/h4*4-8H,9H2,1-3H3;/q4*+1;-4. The third kappa shape index (κ3) is 34.4. The summed E-state index contributed by atoms with van der Waals surface area (Å²) < 4.78 is 3.96. The quantitative estimate of drug-likeness (QED) is 0.210. The van der Waals surface area contributed by atoms with Gasteiger partial charge in [0.1, 0.15) is 26.2 Å². The molecule has 0 aliphatic rings. The van der Waals surface area contributed by atoms with Crippen LogP contribution in [0, 0.1) is 0 Å². The minimum atomic E-state index is -5.61. The fourth-order valence-electron chi connectivity index (χ4n) is 4.52. The van der Waals surface area contributed by atoms with Crippen molar-refractivity contribution in [1.82, 2.24) is 0 Å². The molecule has 0 fully saturated rings. The second kappa shape index (κ2) is 21.8. The van der Waals surface area contributed by atoms with E-state index in [2.05, 4.69) is 206 Å². The van der Waals surface area contributed by atoms with Gasteiger partial charge in [0.2, 0.25) is 0 Å². The zero-order valence-corrected chi connectivity index (χ0v) is 33.3. The van der Waals surface area contributed by atoms with Gasteiger partial charge in [-0.3, -0.25) is 0 Å². The van der Waals surface area contributed by atoms with E-state index in [1.807, 2.05) is 0 Å². The van der Waals surface area contributed by atoms with Crippen LogP contribution in [0.1, 0.15) is 22.3 Å². The van der Waals surface area contributed by atoms with Gasteiger partial charge in [-0.1, -0.05) is 121 Å². The molecule has 9 heteroatoms. The molecule has 0 unspecified atom stereocenters. The molecule has 0 aliphatic heterocycles. The molecule has 0 atom stereocenters. The summed E-state index contributed by atoms with van der Waals surface area (Å²) in [6.45, 7) is 4.39. The highest BCUT2D eigenvalue weighted by atomic mass is 28.4. The lowest BCUT2D eigenvalue weighted by Gasteiger charge is -2.67. The highest BCUT2D eigenvalue weighted by molar-refractivity contribution is 6.38. The molecule has 0 N–H and O–H groups in total. The number of hydrogen-bond acceptors (Lipinski definition) is 4. The van der Waals surface area contributed by atoms with E-state index in [-0.39, 0.29) is 0 Å². The molecule has 4 rings (SSSR count). The molecule has 0 radical (unpaired) electrons. The van der Waals surface area contributed by atoms with Gasteiger partial charge in [-0.25, -0.2) is 0 Å². The van der Waals surface area contributed by atoms with Crippen molar-refractivity contribution in [3.8, 4) is 0 Å². The average Bonchev–Trinajstić information content (AvgIpc) is 2.92. The van der Waals surface area contributed by atoms with Crippen molar-refractivity contribution in [3.05, 3.63) is 144 Å². The zero-order valence-electron chi connectivity index (χ0n) is 32.3. The van der Waals surface area contributed by atoms with Crippen molar-refractivity contribution < 1.29 is 37.1 Å². The summed E-state index contributed by atoms with van der Waals surface area (Å²) in [5, 5.41) is 0. The molecule has 0 heterocycles. The van der Waals surface area contributed by atoms with E-state index < -0.39 is 9.05 Å². The lowest BCUT2D eigenvalue weighted by Crippen LogP contribution is -2.82. The Labute approximate surface area is 299 Å². The molecule has 49 heavy (non-hydrogen) atoms. The van der Waals surface area contributed by atoms with Crippen LogP contribution in [0.25, 0.3) is 0 Å². The van der Waals surface area contributed by atoms with Crippen LogP contribution in [-0.4, -0.2) is 112 Å². The first-order chi connectivity index (χ1) is 22.3. The molecule has 4 aromatic rings. The largest absolute Gasteiger partial charge is 0.894 e. The highest BCUT2D eigenvalue weighted by Crippen LogP contribution is 2.07. The van der Waals surface area contributed by atoms with E-state index in [1.165, 1.54) is 22.3 Å². The van der Waals surface area contributed by atoms with Crippen LogP contribution < -0.4 is 19.2 Å². The molecule has 0 amide bonds. The molecule has 0 spiro atoms. The van der Waals surface area contributed by atoms with Crippen LogP contribution in [0.5, 0.6) is 0 Å². The monoisotopic (exact) mass is 692 g/mol. The van der Waals surface area contributed by atoms with Crippen molar-refractivity contribution in [2.45, 2.75) is 26.2 Å². The molecular weight excluding hydrogens is 629 g/mol. The van der Waals surface area contributed by atoms with E-state index in [0.29, 0.717) is 0 Å². The number of hydrogen-bond donors (Lipinski definition) is 0. The van der Waals surface area contributed by atoms with Crippen LogP contribution in [-0.2, 0) is 26.2 Å². The van der Waals surface area contributed by atoms with Crippen molar-refractivity contribution in [3.63, 3.8) is 0 Å². The Balaban J connectivity index is 0.000000599. The smallest absolute Gasteiger partial charge is 0.104 e. The molecule has 0 saturated heterocycles. The van der Waals surface area contributed by atoms with Gasteiger partial charge >= 0.3 is 0 Å². The third-order valence-corrected chi connectivity index (χ3v) is 6.00. The summed E-state index contributed by atoms with van der Waals surface area (Å²) in [4.78, 5) is 34.3. The van der Waals surface area contributed by atoms with Crippen LogP contribution in [0.2, 0.25) is 0 Å². The SMILES string of the molecule is C[N+](C)(C)Cc1ccccc1.C[N+](C)(C)Cc1ccccc1.C[N+](C)(C)Cc1ccccc1.C[N+](C)(C)Cc1ccccc1.[O-][Si]([O-])([O-])[O-]. The second-order valence-electron chi connectivity index (χ2n) is 16.2. The van der Waals surface area contributed by atoms with Gasteiger partial charge in [-0.05, 0) is 0 Å². The molecule has 4 aromatic carbocycles. The normalized spacial score (nSPS) is 11.6. The average molecular weight is 693 g/mol. The first-order valence-corrected chi connectivity index (χ1v) is 18.1. The van der Waals surface area contributed by atoms with E-state index >= 15 is 0 Å². The summed E-state index contributed by atoms with van der Waals surface area (Å²) in [6.07, 6.45) is 0. The topological polar surface area (TPSA) is 92.2 Å². The molecular formula is C40H64N4O4Si. The maximum Gasteiger partial charge on any atom is 0.104 e. The summed E-state index contributed by atoms with van der Waals surface area (Å²) in [6, 6.07) is 42.3. The number of rotatable bonds is 8. The molecule has 8 nitrogen and oxygen atoms in total. The maximum atomic E-state index is 8.58. The van der Waals surface area contributed by atoms with Crippen molar-refractivity contribution >= 4 is 9.05 Å². The molecule has 0 aromatic heterocycles. The van der Waals surface area contributed by atoms with Crippen LogP contribution >= 0.6 is 0 Å². The first kappa shape index (κ1) is 45.8. The lowest BCUT2D eigenvalue weighted by molar-refractivity contribution is -0.884. The Bertz CT molecular complexity index is 1150. The van der Waals surface area contributed by atoms with Gasteiger partial charge in [0, 0.05) is 22.3 Å². The van der Waals surface area contributed by atoms with Crippen LogP contribution in [0.3, 0.4) is 0 Å². The molecule has 0 bridgehead atoms. The lowest BCUT2D eigenvalue weighted by atomic mass is 10.2. The second-order valence-corrected chi connectivity index (χ2v) is 17.2. The predicted molar refractivity (Wildman–Crippen MR) is 198 cm³/mol. The van der Waals surface area contributed by atoms with Gasteiger partial charge in [-0.2, -0.15) is 0 Å². The molecule has 0 aliphatic carbocycles. The number of quaternary nitrogens is 4. The fourth-order valence-corrected chi connectivity index (χ4v) is 4.52. The maximum absolute atomic E-state index is 8.58. The predicted octanol–water partition coefficient (Wildman–Crippen LogP) is 2.43. The Morgan fingerprint density at radius 2 is 0.429 bits per heavy atom. The van der Waals surface area contributed by atoms with E-state index in [4.69, 9.17) is 19.2 Å². The summed E-state index contributed by atoms with van der Waals surface area (Å²) in [5.41, 5.74) is 5.61. The Morgan fingerprint density at radius 3 is 0.531 bits per heavy atom. The van der Waals surface area contributed by atoms with Gasteiger partial charge in [0.25, 0.3) is 0 Å². The highest BCUT2D eigenvalue weighted by Gasteiger charge is 2.09. The summed E-state index contributed by atoms with van der Waals surface area (Å²) in [7, 11) is 20.8. The fraction of sp³-hybridized carbons (Fsp3) is 0.400. The van der Waals surface area contributed by atoms with E-state index in [1.54, 1.807) is 0 Å². The summed E-state index contributed by atoms with van der Waals surface area (Å²) in [5.74, 6) is 0. The Kier molecular flexibility index (Phi) is 20.3. The Hall–Kier alpha value is -3.22. The van der Waals surface area contributed by atoms with Crippen molar-refractivity contribution in [2.75, 3.05) is 84.6 Å². The van der Waals surface area contributed by atoms with Crippen LogP contribution in [0.4, 0.5) is 0 Å². The zero-order chi connectivity index (χ0) is 37.8. The Morgan fingerprint density at radius 1 is 0.306 bits per heavy atom. The van der Waals surface area contributed by atoms with Crippen molar-refractivity contribution in [1.29, 1.82) is 0 Å². The third-order valence-electron chi connectivity index (χ3n) is 6.00. The molecule has 0 saturated carbocycles. The first-order valence-electron chi connectivity index (χ1n) is 16.5. The minimum absolute atomic E-state index is 0.990. The number of nitrogens with zero attached hydrogens (tertiary/aromatic N) is 4. The van der Waals surface area contributed by atoms with E-state index in [9.17, 15) is 0 Å². The minimum Gasteiger partial charge on any atom is -0.894 e. The molecule has 272 valence electrons. The van der Waals surface area contributed by atoms with Gasteiger partial charge in [0.05, 0.1) is 84.6 Å². The van der Waals surface area contributed by atoms with Gasteiger partial charge < -0.3 is 46.2 Å². The van der Waals surface area contributed by atoms with Crippen molar-refractivity contribution in [2.24, 2.45) is 0 Å². The van der Waals surface area contributed by atoms with Crippen LogP contribution in [0.15, 0.2) is 121 Å².